The van der Waals surface area contributed by atoms with Crippen molar-refractivity contribution in [3.05, 3.63) is 30.2 Å². The van der Waals surface area contributed by atoms with Crippen LogP contribution in [0.4, 0.5) is 4.39 Å². The number of ether oxygens (including phenoxy) is 2. The Morgan fingerprint density at radius 2 is 2.14 bits per heavy atom. The Bertz CT molecular complexity index is 850. The van der Waals surface area contributed by atoms with Crippen molar-refractivity contribution in [2.45, 2.75) is 4.90 Å². The monoisotopic (exact) mass is 428 g/mol. The molecular weight excluding hydrogens is 403 g/mol. The number of aromatic nitrogens is 1. The van der Waals surface area contributed by atoms with Crippen LogP contribution in [0.1, 0.15) is 0 Å². The average molecular weight is 428 g/mol. The molecule has 0 radical (unpaired) electrons. The number of amides is 1. The molecule has 11 heteroatoms. The van der Waals surface area contributed by atoms with Crippen LogP contribution in [0.5, 0.6) is 5.88 Å². The lowest BCUT2D eigenvalue weighted by Gasteiger charge is -2.19. The summed E-state index contributed by atoms with van der Waals surface area (Å²) in [5.41, 5.74) is 5.61. The Morgan fingerprint density at radius 1 is 1.41 bits per heavy atom. The average Bonchev–Trinajstić information content (AvgIpc) is 3.22. The Hall–Kier alpha value is -2.08. The van der Waals surface area contributed by atoms with Crippen molar-refractivity contribution < 1.29 is 27.1 Å². The molecule has 1 aliphatic heterocycles. The maximum absolute atomic E-state index is 12.8. The molecular formula is C18H25FN4O5S. The van der Waals surface area contributed by atoms with Gasteiger partial charge in [0.05, 0.1) is 19.1 Å². The second-order valence-corrected chi connectivity index (χ2v) is 8.99. The fourth-order valence-corrected chi connectivity index (χ4v) is 4.98. The number of fused-ring (bicyclic) bond motifs is 1. The van der Waals surface area contributed by atoms with Gasteiger partial charge in [0.1, 0.15) is 11.5 Å². The molecule has 1 aromatic rings. The molecule has 1 aromatic heterocycles. The first kappa shape index (κ1) is 21.6. The summed E-state index contributed by atoms with van der Waals surface area (Å²) in [6.07, 6.45) is 1.59. The highest BCUT2D eigenvalue weighted by molar-refractivity contribution is 7.89. The van der Waals surface area contributed by atoms with Crippen LogP contribution in [0.3, 0.4) is 0 Å². The molecule has 1 aliphatic carbocycles. The van der Waals surface area contributed by atoms with Crippen LogP contribution in [0.25, 0.3) is 0 Å². The summed E-state index contributed by atoms with van der Waals surface area (Å²) in [7, 11) is -2.13. The van der Waals surface area contributed by atoms with E-state index in [1.165, 1.54) is 22.6 Å². The molecule has 0 bridgehead atoms. The minimum absolute atomic E-state index is 0.0195. The highest BCUT2D eigenvalue weighted by atomic mass is 32.2. The first-order valence-corrected chi connectivity index (χ1v) is 10.7. The number of carbonyl (C=O) groups is 1. The number of nitrogens with two attached hydrogens (primary N) is 1. The summed E-state index contributed by atoms with van der Waals surface area (Å²) in [4.78, 5) is 16.1. The third-order valence-corrected chi connectivity index (χ3v) is 7.05. The van der Waals surface area contributed by atoms with Gasteiger partial charge in [-0.2, -0.15) is 4.31 Å². The lowest BCUT2D eigenvalue weighted by molar-refractivity contribution is -0.123. The van der Waals surface area contributed by atoms with Crippen molar-refractivity contribution in [1.29, 1.82) is 0 Å². The zero-order valence-electron chi connectivity index (χ0n) is 16.1. The fourth-order valence-electron chi connectivity index (χ4n) is 3.52. The standard InChI is InChI=1S/C18H25FN4O5S/c1-27-5-4-21-18(24)17-14-9-23(10-15(14)17)29(25,26)13-2-3-16(22-8-13)28-11-12(6-19)7-20/h2-3,6,8,14-15,17H,4-5,7,9-11,20H2,1H3,(H,21,24)/b12-6+/t14-,15+,17+. The van der Waals surface area contributed by atoms with Gasteiger partial charge in [-0.15, -0.1) is 0 Å². The minimum atomic E-state index is -3.70. The molecule has 1 amide bonds. The van der Waals surface area contributed by atoms with Gasteiger partial charge in [-0.1, -0.05) is 0 Å². The maximum Gasteiger partial charge on any atom is 0.244 e. The highest BCUT2D eigenvalue weighted by Gasteiger charge is 2.61. The van der Waals surface area contributed by atoms with Crippen LogP contribution in [0.15, 0.2) is 35.1 Å². The van der Waals surface area contributed by atoms with Crippen molar-refractivity contribution in [3.63, 3.8) is 0 Å². The van der Waals surface area contributed by atoms with Gasteiger partial charge < -0.3 is 20.5 Å². The Morgan fingerprint density at radius 3 is 2.69 bits per heavy atom. The summed E-state index contributed by atoms with van der Waals surface area (Å²) in [5.74, 6) is 0.0906. The molecule has 3 rings (SSSR count). The fraction of sp³-hybridized carbons (Fsp3) is 0.556. The van der Waals surface area contributed by atoms with E-state index >= 15 is 0 Å². The first-order valence-electron chi connectivity index (χ1n) is 9.26. The SMILES string of the molecule is COCCNC(=O)[C@H]1[C@@H]2CN(S(=O)(=O)c3ccc(OC/C(=C/F)CN)nc3)C[C@@H]21. The predicted molar refractivity (Wildman–Crippen MR) is 102 cm³/mol. The summed E-state index contributed by atoms with van der Waals surface area (Å²) in [5, 5.41) is 2.80. The van der Waals surface area contributed by atoms with Crippen LogP contribution in [0.2, 0.25) is 0 Å². The van der Waals surface area contributed by atoms with Crippen LogP contribution >= 0.6 is 0 Å². The summed E-state index contributed by atoms with van der Waals surface area (Å²) < 4.78 is 49.7. The van der Waals surface area contributed by atoms with E-state index in [0.717, 1.165) is 0 Å². The van der Waals surface area contributed by atoms with E-state index in [2.05, 4.69) is 10.3 Å². The molecule has 0 spiro atoms. The van der Waals surface area contributed by atoms with Gasteiger partial charge in [-0.05, 0) is 17.9 Å². The molecule has 3 N–H and O–H groups in total. The zero-order chi connectivity index (χ0) is 21.0. The van der Waals surface area contributed by atoms with E-state index in [0.29, 0.717) is 32.6 Å². The molecule has 29 heavy (non-hydrogen) atoms. The van der Waals surface area contributed by atoms with E-state index < -0.39 is 10.0 Å². The molecule has 2 heterocycles. The van der Waals surface area contributed by atoms with E-state index in [4.69, 9.17) is 15.2 Å². The van der Waals surface area contributed by atoms with Crippen molar-refractivity contribution in [1.82, 2.24) is 14.6 Å². The number of methoxy groups -OCH3 is 1. The normalized spacial score (nSPS) is 24.2. The van der Waals surface area contributed by atoms with Crippen molar-refractivity contribution in [2.75, 3.05) is 46.5 Å². The van der Waals surface area contributed by atoms with Crippen molar-refractivity contribution >= 4 is 15.9 Å². The first-order chi connectivity index (χ1) is 13.9. The van der Waals surface area contributed by atoms with Crippen LogP contribution in [0, 0.1) is 17.8 Å². The number of carbonyl (C=O) groups excluding carboxylic acids is 1. The second kappa shape index (κ2) is 9.16. The highest BCUT2D eigenvalue weighted by Crippen LogP contribution is 2.52. The van der Waals surface area contributed by atoms with Gasteiger partial charge in [0.15, 0.2) is 0 Å². The Labute approximate surface area is 169 Å². The molecule has 2 fully saturated rings. The third-order valence-electron chi connectivity index (χ3n) is 5.24. The number of nitrogens with one attached hydrogen (secondary N) is 1. The van der Waals surface area contributed by atoms with Gasteiger partial charge in [-0.25, -0.2) is 17.8 Å². The lowest BCUT2D eigenvalue weighted by Crippen LogP contribution is -2.36. The van der Waals surface area contributed by atoms with Crippen molar-refractivity contribution in [3.8, 4) is 5.88 Å². The number of pyridine rings is 1. The van der Waals surface area contributed by atoms with E-state index in [-0.39, 0.29) is 53.2 Å². The molecule has 3 atom stereocenters. The van der Waals surface area contributed by atoms with Gasteiger partial charge in [0, 0.05) is 50.8 Å². The summed E-state index contributed by atoms with van der Waals surface area (Å²) in [6.45, 7) is 1.48. The van der Waals surface area contributed by atoms with Crippen LogP contribution in [-0.4, -0.2) is 70.1 Å². The Kier molecular flexibility index (Phi) is 6.83. The number of nitrogens with zero attached hydrogens (tertiary/aromatic N) is 2. The summed E-state index contributed by atoms with van der Waals surface area (Å²) in [6, 6.07) is 2.82. The van der Waals surface area contributed by atoms with Crippen LogP contribution < -0.4 is 15.8 Å². The molecule has 0 aromatic carbocycles. The molecule has 2 aliphatic rings. The second-order valence-electron chi connectivity index (χ2n) is 7.05. The quantitative estimate of drug-likeness (QED) is 0.499. The minimum Gasteiger partial charge on any atom is -0.473 e. The smallest absolute Gasteiger partial charge is 0.244 e. The third kappa shape index (κ3) is 4.74. The van der Waals surface area contributed by atoms with Gasteiger partial charge in [0.2, 0.25) is 21.8 Å². The number of hydrogen-bond donors (Lipinski definition) is 2. The van der Waals surface area contributed by atoms with Crippen molar-refractivity contribution in [2.24, 2.45) is 23.5 Å². The largest absolute Gasteiger partial charge is 0.473 e. The number of sulfonamides is 1. The van der Waals surface area contributed by atoms with Crippen LogP contribution in [-0.2, 0) is 19.6 Å². The molecule has 1 saturated heterocycles. The van der Waals surface area contributed by atoms with Gasteiger partial charge in [0.25, 0.3) is 0 Å². The maximum atomic E-state index is 12.8. The van der Waals surface area contributed by atoms with E-state index in [1.807, 2.05) is 0 Å². The van der Waals surface area contributed by atoms with E-state index in [9.17, 15) is 17.6 Å². The predicted octanol–water partition coefficient (Wildman–Crippen LogP) is -0.0984. The topological polar surface area (TPSA) is 124 Å². The van der Waals surface area contributed by atoms with E-state index in [1.54, 1.807) is 7.11 Å². The molecule has 1 saturated carbocycles. The van der Waals surface area contributed by atoms with Gasteiger partial charge >= 0.3 is 0 Å². The number of halogens is 1. The van der Waals surface area contributed by atoms with Gasteiger partial charge in [-0.3, -0.25) is 4.79 Å². The number of rotatable bonds is 10. The molecule has 0 unspecified atom stereocenters. The zero-order valence-corrected chi connectivity index (χ0v) is 16.9. The number of hydrogen-bond acceptors (Lipinski definition) is 7. The Balaban J connectivity index is 1.54. The summed E-state index contributed by atoms with van der Waals surface area (Å²) >= 11 is 0. The molecule has 160 valence electrons. The number of piperidine rings is 1. The lowest BCUT2D eigenvalue weighted by atomic mass is 10.2. The molecule has 9 nitrogen and oxygen atoms in total.